The van der Waals surface area contributed by atoms with Gasteiger partial charge in [-0.25, -0.2) is 4.68 Å². The molecular weight excluding hydrogens is 344 g/mol. The number of ketones is 2. The molecule has 0 aliphatic carbocycles. The number of benzene rings is 2. The van der Waals surface area contributed by atoms with Crippen molar-refractivity contribution in [2.24, 2.45) is 5.10 Å². The van der Waals surface area contributed by atoms with Crippen molar-refractivity contribution in [3.05, 3.63) is 72.6 Å². The molecule has 0 saturated heterocycles. The first kappa shape index (κ1) is 16.7. The standard InChI is InChI=1S/C20H16N4O3/c1-27-16-9-7-14(8-10-16)23-13-18(25)20(26)19(22-23)17-11-12-21-24(17)15-5-3-2-4-6-15/h2-12H,13H2,1H3. The molecule has 2 aromatic carbocycles. The van der Waals surface area contributed by atoms with Gasteiger partial charge >= 0.3 is 0 Å². The number of ether oxygens (including phenoxy) is 1. The first-order valence-electron chi connectivity index (χ1n) is 8.35. The van der Waals surface area contributed by atoms with Crippen molar-refractivity contribution in [1.82, 2.24) is 9.78 Å². The molecule has 0 radical (unpaired) electrons. The third kappa shape index (κ3) is 3.10. The number of rotatable bonds is 4. The third-order valence-electron chi connectivity index (χ3n) is 4.24. The molecule has 0 N–H and O–H groups in total. The van der Waals surface area contributed by atoms with Gasteiger partial charge in [-0.3, -0.25) is 14.6 Å². The van der Waals surface area contributed by atoms with Gasteiger partial charge < -0.3 is 4.74 Å². The van der Waals surface area contributed by atoms with Crippen LogP contribution in [-0.2, 0) is 9.59 Å². The largest absolute Gasteiger partial charge is 0.497 e. The highest BCUT2D eigenvalue weighted by Crippen LogP contribution is 2.22. The van der Waals surface area contributed by atoms with Crippen LogP contribution in [0, 0.1) is 0 Å². The van der Waals surface area contributed by atoms with Gasteiger partial charge in [0.2, 0.25) is 5.78 Å². The smallest absolute Gasteiger partial charge is 0.252 e. The molecule has 1 aliphatic rings. The summed E-state index contributed by atoms with van der Waals surface area (Å²) >= 11 is 0. The van der Waals surface area contributed by atoms with Gasteiger partial charge in [0, 0.05) is 0 Å². The quantitative estimate of drug-likeness (QED) is 0.667. The van der Waals surface area contributed by atoms with E-state index in [4.69, 9.17) is 4.74 Å². The van der Waals surface area contributed by atoms with Crippen molar-refractivity contribution in [2.75, 3.05) is 18.7 Å². The fourth-order valence-electron chi connectivity index (χ4n) is 2.87. The van der Waals surface area contributed by atoms with Crippen LogP contribution < -0.4 is 9.75 Å². The van der Waals surface area contributed by atoms with E-state index < -0.39 is 11.6 Å². The number of aromatic nitrogens is 2. The molecule has 3 aromatic rings. The van der Waals surface area contributed by atoms with Crippen molar-refractivity contribution < 1.29 is 14.3 Å². The third-order valence-corrected chi connectivity index (χ3v) is 4.24. The molecule has 0 unspecified atom stereocenters. The molecule has 0 fully saturated rings. The SMILES string of the molecule is COc1ccc(N2CC(=O)C(=O)C(c3ccnn3-c3ccccc3)=N2)cc1. The van der Waals surface area contributed by atoms with Crippen LogP contribution in [0.25, 0.3) is 5.69 Å². The molecule has 4 rings (SSSR count). The summed E-state index contributed by atoms with van der Waals surface area (Å²) in [5.41, 5.74) is 2.02. The average Bonchev–Trinajstić information content (AvgIpc) is 3.20. The molecule has 0 atom stereocenters. The molecule has 1 aliphatic heterocycles. The number of hydrazone groups is 1. The van der Waals surface area contributed by atoms with E-state index in [1.54, 1.807) is 48.3 Å². The number of para-hydroxylation sites is 1. The van der Waals surface area contributed by atoms with Gasteiger partial charge in [-0.2, -0.15) is 10.2 Å². The fourth-order valence-corrected chi connectivity index (χ4v) is 2.87. The van der Waals surface area contributed by atoms with E-state index in [1.165, 1.54) is 5.01 Å². The summed E-state index contributed by atoms with van der Waals surface area (Å²) in [6.45, 7) is -0.103. The summed E-state index contributed by atoms with van der Waals surface area (Å²) < 4.78 is 6.75. The minimum atomic E-state index is -0.613. The molecule has 1 aromatic heterocycles. The monoisotopic (exact) mass is 360 g/mol. The number of nitrogens with zero attached hydrogens (tertiary/aromatic N) is 4. The van der Waals surface area contributed by atoms with Gasteiger partial charge in [-0.15, -0.1) is 0 Å². The van der Waals surface area contributed by atoms with E-state index in [9.17, 15) is 9.59 Å². The second-order valence-electron chi connectivity index (χ2n) is 5.92. The second kappa shape index (κ2) is 6.87. The summed E-state index contributed by atoms with van der Waals surface area (Å²) in [6.07, 6.45) is 1.58. The molecule has 27 heavy (non-hydrogen) atoms. The van der Waals surface area contributed by atoms with Crippen molar-refractivity contribution in [1.29, 1.82) is 0 Å². The number of carbonyl (C=O) groups excluding carboxylic acids is 2. The molecule has 134 valence electrons. The highest BCUT2D eigenvalue weighted by molar-refractivity contribution is 6.69. The Hall–Kier alpha value is -3.74. The van der Waals surface area contributed by atoms with Crippen LogP contribution in [-0.4, -0.2) is 40.7 Å². The fraction of sp³-hybridized carbons (Fsp3) is 0.100. The number of Topliss-reactive ketones (excluding diaryl/α,β-unsaturated/α-hetero) is 2. The Labute approximate surface area is 155 Å². The lowest BCUT2D eigenvalue weighted by Crippen LogP contribution is -2.41. The number of anilines is 1. The molecule has 7 nitrogen and oxygen atoms in total. The maximum absolute atomic E-state index is 12.5. The predicted octanol–water partition coefficient (Wildman–Crippen LogP) is 2.24. The molecular formula is C20H16N4O3. The van der Waals surface area contributed by atoms with Gasteiger partial charge in [-0.05, 0) is 42.5 Å². The zero-order valence-corrected chi connectivity index (χ0v) is 14.6. The topological polar surface area (TPSA) is 76.8 Å². The van der Waals surface area contributed by atoms with Crippen LogP contribution in [0.5, 0.6) is 5.75 Å². The maximum Gasteiger partial charge on any atom is 0.252 e. The highest BCUT2D eigenvalue weighted by atomic mass is 16.5. The Morgan fingerprint density at radius 1 is 0.926 bits per heavy atom. The Kier molecular flexibility index (Phi) is 4.25. The minimum Gasteiger partial charge on any atom is -0.497 e. The summed E-state index contributed by atoms with van der Waals surface area (Å²) in [6, 6.07) is 18.2. The van der Waals surface area contributed by atoms with Crippen molar-refractivity contribution in [3.63, 3.8) is 0 Å². The second-order valence-corrected chi connectivity index (χ2v) is 5.92. The van der Waals surface area contributed by atoms with Gasteiger partial charge in [0.05, 0.1) is 30.4 Å². The lowest BCUT2D eigenvalue weighted by atomic mass is 10.1. The Balaban J connectivity index is 1.77. The van der Waals surface area contributed by atoms with E-state index in [1.807, 2.05) is 30.3 Å². The van der Waals surface area contributed by atoms with Crippen molar-refractivity contribution >= 4 is 23.0 Å². The zero-order valence-electron chi connectivity index (χ0n) is 14.6. The molecule has 2 heterocycles. The molecule has 0 amide bonds. The normalized spacial score (nSPS) is 14.3. The van der Waals surface area contributed by atoms with Crippen LogP contribution in [0.15, 0.2) is 72.0 Å². The molecule has 0 spiro atoms. The lowest BCUT2D eigenvalue weighted by Gasteiger charge is -2.24. The Morgan fingerprint density at radius 2 is 1.67 bits per heavy atom. The van der Waals surface area contributed by atoms with Crippen LogP contribution in [0.2, 0.25) is 0 Å². The molecule has 0 saturated carbocycles. The summed E-state index contributed by atoms with van der Waals surface area (Å²) in [7, 11) is 1.58. The number of carbonyl (C=O) groups is 2. The van der Waals surface area contributed by atoms with Crippen molar-refractivity contribution in [3.8, 4) is 11.4 Å². The van der Waals surface area contributed by atoms with Crippen LogP contribution in [0.3, 0.4) is 0 Å². The Morgan fingerprint density at radius 3 is 2.37 bits per heavy atom. The summed E-state index contributed by atoms with van der Waals surface area (Å²) in [5, 5.41) is 10.2. The number of hydrogen-bond acceptors (Lipinski definition) is 6. The molecule has 0 bridgehead atoms. The maximum atomic E-state index is 12.5. The van der Waals surface area contributed by atoms with Gasteiger partial charge in [0.1, 0.15) is 12.3 Å². The summed E-state index contributed by atoms with van der Waals surface area (Å²) in [5.74, 6) is -0.432. The van der Waals surface area contributed by atoms with Crippen LogP contribution in [0.1, 0.15) is 5.69 Å². The number of methoxy groups -OCH3 is 1. The first-order valence-corrected chi connectivity index (χ1v) is 8.35. The van der Waals surface area contributed by atoms with Crippen molar-refractivity contribution in [2.45, 2.75) is 0 Å². The first-order chi connectivity index (χ1) is 13.2. The van der Waals surface area contributed by atoms with E-state index in [0.29, 0.717) is 17.1 Å². The molecule has 7 heteroatoms. The average molecular weight is 360 g/mol. The van der Waals surface area contributed by atoms with Crippen LogP contribution >= 0.6 is 0 Å². The van der Waals surface area contributed by atoms with E-state index in [2.05, 4.69) is 10.2 Å². The minimum absolute atomic E-state index is 0.0726. The van der Waals surface area contributed by atoms with Crippen LogP contribution in [0.4, 0.5) is 5.69 Å². The zero-order chi connectivity index (χ0) is 18.8. The highest BCUT2D eigenvalue weighted by Gasteiger charge is 2.32. The lowest BCUT2D eigenvalue weighted by molar-refractivity contribution is -0.132. The van der Waals surface area contributed by atoms with E-state index in [0.717, 1.165) is 5.69 Å². The Bertz CT molecular complexity index is 1020. The van der Waals surface area contributed by atoms with E-state index >= 15 is 0 Å². The summed E-state index contributed by atoms with van der Waals surface area (Å²) in [4.78, 5) is 24.8. The predicted molar refractivity (Wildman–Crippen MR) is 100 cm³/mol. The number of hydrogen-bond donors (Lipinski definition) is 0. The van der Waals surface area contributed by atoms with Gasteiger partial charge in [-0.1, -0.05) is 18.2 Å². The van der Waals surface area contributed by atoms with E-state index in [-0.39, 0.29) is 12.3 Å². The van der Waals surface area contributed by atoms with Gasteiger partial charge in [0.25, 0.3) is 5.78 Å². The van der Waals surface area contributed by atoms with Gasteiger partial charge in [0.15, 0.2) is 5.71 Å².